The van der Waals surface area contributed by atoms with E-state index in [0.717, 1.165) is 12.8 Å². The largest absolute Gasteiger partial charge is 0.460 e. The van der Waals surface area contributed by atoms with Crippen molar-refractivity contribution in [3.63, 3.8) is 0 Å². The van der Waals surface area contributed by atoms with E-state index in [0.29, 0.717) is 19.3 Å². The summed E-state index contributed by atoms with van der Waals surface area (Å²) in [7, 11) is 0. The predicted molar refractivity (Wildman–Crippen MR) is 58.3 cm³/mol. The van der Waals surface area contributed by atoms with Crippen molar-refractivity contribution in [2.45, 2.75) is 51.2 Å². The summed E-state index contributed by atoms with van der Waals surface area (Å²) in [5.74, 6) is 0.0922. The van der Waals surface area contributed by atoms with Gasteiger partial charge in [0.1, 0.15) is 6.10 Å². The maximum atomic E-state index is 11.3. The van der Waals surface area contributed by atoms with Crippen LogP contribution in [0.1, 0.15) is 39.0 Å². The number of allylic oxidation sites excluding steroid dienone is 1. The number of carbonyl (C=O) groups excluding carboxylic acids is 1. The van der Waals surface area contributed by atoms with Crippen LogP contribution in [0.4, 0.5) is 0 Å². The smallest absolute Gasteiger partial charge is 0.306 e. The minimum atomic E-state index is -0.515. The minimum absolute atomic E-state index is 0.189. The summed E-state index contributed by atoms with van der Waals surface area (Å²) < 4.78 is 5.22. The molecule has 0 bridgehead atoms. The molecule has 0 aromatic heterocycles. The van der Waals surface area contributed by atoms with E-state index < -0.39 is 6.10 Å². The Bertz CT molecular complexity index is 225. The highest BCUT2D eigenvalue weighted by molar-refractivity contribution is 5.69. The Morgan fingerprint density at radius 1 is 1.60 bits per heavy atom. The maximum Gasteiger partial charge on any atom is 0.306 e. The molecule has 1 saturated carbocycles. The van der Waals surface area contributed by atoms with E-state index in [1.54, 1.807) is 0 Å². The van der Waals surface area contributed by atoms with Crippen LogP contribution < -0.4 is 0 Å². The first-order chi connectivity index (χ1) is 7.17. The summed E-state index contributed by atoms with van der Waals surface area (Å²) in [6, 6.07) is 0. The van der Waals surface area contributed by atoms with Crippen LogP contribution >= 0.6 is 0 Å². The van der Waals surface area contributed by atoms with Gasteiger partial charge in [-0.05, 0) is 25.2 Å². The molecule has 15 heavy (non-hydrogen) atoms. The molecule has 1 N–H and O–H groups in total. The fraction of sp³-hybridized carbons (Fsp3) is 0.750. The van der Waals surface area contributed by atoms with Crippen LogP contribution in [0.3, 0.4) is 0 Å². The van der Waals surface area contributed by atoms with Gasteiger partial charge in [-0.3, -0.25) is 4.79 Å². The maximum absolute atomic E-state index is 11.3. The first kappa shape index (κ1) is 12.2. The molecular weight excluding hydrogens is 192 g/mol. The number of aliphatic hydroxyl groups excluding tert-OH is 1. The zero-order valence-electron chi connectivity index (χ0n) is 9.32. The van der Waals surface area contributed by atoms with Crippen LogP contribution in [-0.2, 0) is 9.53 Å². The van der Waals surface area contributed by atoms with E-state index in [1.165, 1.54) is 0 Å². The van der Waals surface area contributed by atoms with Crippen LogP contribution in [0.5, 0.6) is 0 Å². The molecule has 1 aliphatic carbocycles. The predicted octanol–water partition coefficient (Wildman–Crippen LogP) is 2.05. The molecule has 3 atom stereocenters. The van der Waals surface area contributed by atoms with Gasteiger partial charge in [-0.15, -0.1) is 6.58 Å². The topological polar surface area (TPSA) is 46.5 Å². The number of carbonyl (C=O) groups is 1. The lowest BCUT2D eigenvalue weighted by atomic mass is 10.1. The second-order valence-corrected chi connectivity index (χ2v) is 4.17. The van der Waals surface area contributed by atoms with Gasteiger partial charge in [-0.2, -0.15) is 0 Å². The number of unbranched alkanes of at least 4 members (excludes halogenated alkanes) is 1. The number of rotatable bonds is 5. The summed E-state index contributed by atoms with van der Waals surface area (Å²) in [5, 5.41) is 9.64. The highest BCUT2D eigenvalue weighted by Gasteiger charge is 2.33. The molecule has 3 nitrogen and oxygen atoms in total. The second-order valence-electron chi connectivity index (χ2n) is 4.17. The van der Waals surface area contributed by atoms with E-state index in [1.807, 2.05) is 13.0 Å². The van der Waals surface area contributed by atoms with Crippen molar-refractivity contribution in [2.75, 3.05) is 0 Å². The molecule has 0 saturated heterocycles. The van der Waals surface area contributed by atoms with Crippen molar-refractivity contribution in [1.29, 1.82) is 0 Å². The Hall–Kier alpha value is -0.830. The molecule has 1 fully saturated rings. The monoisotopic (exact) mass is 212 g/mol. The van der Waals surface area contributed by atoms with E-state index >= 15 is 0 Å². The molecule has 86 valence electrons. The average molecular weight is 212 g/mol. The first-order valence-electron chi connectivity index (χ1n) is 5.67. The normalized spacial score (nSPS) is 30.1. The summed E-state index contributed by atoms with van der Waals surface area (Å²) in [4.78, 5) is 11.3. The second kappa shape index (κ2) is 5.91. The van der Waals surface area contributed by atoms with E-state index in [9.17, 15) is 9.90 Å². The molecule has 0 heterocycles. The Balaban J connectivity index is 2.32. The van der Waals surface area contributed by atoms with Gasteiger partial charge in [-0.25, -0.2) is 0 Å². The number of hydrogen-bond acceptors (Lipinski definition) is 3. The van der Waals surface area contributed by atoms with Gasteiger partial charge in [0.25, 0.3) is 0 Å². The van der Waals surface area contributed by atoms with Crippen molar-refractivity contribution in [3.05, 3.63) is 12.7 Å². The molecule has 0 aromatic carbocycles. The van der Waals surface area contributed by atoms with Crippen molar-refractivity contribution in [3.8, 4) is 0 Å². The van der Waals surface area contributed by atoms with Gasteiger partial charge < -0.3 is 9.84 Å². The van der Waals surface area contributed by atoms with Gasteiger partial charge in [-0.1, -0.05) is 19.4 Å². The summed E-state index contributed by atoms with van der Waals surface area (Å²) in [5.41, 5.74) is 0. The highest BCUT2D eigenvalue weighted by atomic mass is 16.6. The van der Waals surface area contributed by atoms with E-state index in [2.05, 4.69) is 6.58 Å². The summed E-state index contributed by atoms with van der Waals surface area (Å²) in [6.07, 6.45) is 4.65. The fourth-order valence-corrected chi connectivity index (χ4v) is 1.88. The lowest BCUT2D eigenvalue weighted by molar-refractivity contribution is -0.153. The van der Waals surface area contributed by atoms with Crippen molar-refractivity contribution in [1.82, 2.24) is 0 Å². The summed E-state index contributed by atoms with van der Waals surface area (Å²) in [6.45, 7) is 5.72. The van der Waals surface area contributed by atoms with Gasteiger partial charge >= 0.3 is 5.97 Å². The Kier molecular flexibility index (Phi) is 4.82. The van der Waals surface area contributed by atoms with Gasteiger partial charge in [0, 0.05) is 6.42 Å². The van der Waals surface area contributed by atoms with Crippen molar-refractivity contribution < 1.29 is 14.6 Å². The molecule has 0 radical (unpaired) electrons. The van der Waals surface area contributed by atoms with Crippen LogP contribution in [0.2, 0.25) is 0 Å². The van der Waals surface area contributed by atoms with Crippen LogP contribution in [0, 0.1) is 5.92 Å². The lowest BCUT2D eigenvalue weighted by Gasteiger charge is -2.15. The van der Waals surface area contributed by atoms with Crippen LogP contribution in [0.25, 0.3) is 0 Å². The third-order valence-electron chi connectivity index (χ3n) is 2.86. The van der Waals surface area contributed by atoms with Crippen molar-refractivity contribution >= 4 is 5.97 Å². The van der Waals surface area contributed by atoms with E-state index in [4.69, 9.17) is 4.74 Å². The number of hydrogen-bond donors (Lipinski definition) is 1. The zero-order chi connectivity index (χ0) is 11.3. The van der Waals surface area contributed by atoms with Gasteiger partial charge in [0.05, 0.1) is 6.10 Å². The van der Waals surface area contributed by atoms with Crippen LogP contribution in [-0.4, -0.2) is 23.3 Å². The summed E-state index contributed by atoms with van der Waals surface area (Å²) >= 11 is 0. The lowest BCUT2D eigenvalue weighted by Crippen LogP contribution is -2.25. The quantitative estimate of drug-likeness (QED) is 0.560. The minimum Gasteiger partial charge on any atom is -0.460 e. The van der Waals surface area contributed by atoms with Crippen molar-refractivity contribution in [2.24, 2.45) is 5.92 Å². The molecule has 0 amide bonds. The fourth-order valence-electron chi connectivity index (χ4n) is 1.88. The molecule has 1 rings (SSSR count). The molecule has 0 spiro atoms. The molecule has 3 unspecified atom stereocenters. The molecule has 1 aliphatic rings. The Morgan fingerprint density at radius 2 is 2.33 bits per heavy atom. The molecule has 0 aromatic rings. The molecule has 3 heteroatoms. The number of aliphatic hydroxyl groups is 1. The Morgan fingerprint density at radius 3 is 2.87 bits per heavy atom. The zero-order valence-corrected chi connectivity index (χ0v) is 9.32. The highest BCUT2D eigenvalue weighted by Crippen LogP contribution is 2.29. The third kappa shape index (κ3) is 3.67. The number of ether oxygens (including phenoxy) is 1. The number of esters is 1. The van der Waals surface area contributed by atoms with Gasteiger partial charge in [0.2, 0.25) is 0 Å². The third-order valence-corrected chi connectivity index (χ3v) is 2.86. The van der Waals surface area contributed by atoms with E-state index in [-0.39, 0.29) is 18.0 Å². The molecule has 0 aliphatic heterocycles. The van der Waals surface area contributed by atoms with Gasteiger partial charge in [0.15, 0.2) is 0 Å². The average Bonchev–Trinajstić information content (AvgIpc) is 2.57. The van der Waals surface area contributed by atoms with Crippen LogP contribution in [0.15, 0.2) is 12.7 Å². The first-order valence-corrected chi connectivity index (χ1v) is 5.67. The standard InChI is InChI=1S/C12H20O3/c1-3-5-6-12(14)15-11-8-9(4-2)7-10(11)13/h4,9-11,13H,2-3,5-8H2,1H3. The SMILES string of the molecule is C=CC1CC(O)C(OC(=O)CCCC)C1. The Labute approximate surface area is 91.1 Å². The molecular formula is C12H20O3.